The van der Waals surface area contributed by atoms with Gasteiger partial charge in [-0.15, -0.1) is 0 Å². The monoisotopic (exact) mass is 262 g/mol. The average molecular weight is 262 g/mol. The van der Waals surface area contributed by atoms with Crippen LogP contribution in [0.15, 0.2) is 18.2 Å². The number of aromatic amines is 1. The number of rotatable bonds is 6. The number of H-pyrrole nitrogens is 1. The first kappa shape index (κ1) is 13.1. The number of benzene rings is 1. The second-order valence-corrected chi connectivity index (χ2v) is 5.50. The molecule has 1 N–H and O–H groups in total. The molecule has 0 aliphatic heterocycles. The number of Topliss-reactive ketones (excluding diaryl/α,β-unsaturated/α-hetero) is 1. The molecule has 0 saturated carbocycles. The number of carbonyl (C=O) groups is 1. The molecular formula is C14H18N2OS. The summed E-state index contributed by atoms with van der Waals surface area (Å²) in [6.07, 6.45) is 2.02. The number of carbonyl (C=O) groups excluding carboxylic acids is 1. The SMILES string of the molecule is CCCc1nc2ccc(C(=O)CSCC)cc2[nH]1. The maximum absolute atomic E-state index is 11.9. The number of ketones is 1. The molecule has 18 heavy (non-hydrogen) atoms. The fourth-order valence-corrected chi connectivity index (χ4v) is 2.43. The molecule has 0 atom stereocenters. The van der Waals surface area contributed by atoms with Gasteiger partial charge in [-0.05, 0) is 30.4 Å². The number of hydrogen-bond donors (Lipinski definition) is 1. The van der Waals surface area contributed by atoms with Crippen LogP contribution < -0.4 is 0 Å². The fraction of sp³-hybridized carbons (Fsp3) is 0.429. The molecule has 4 heteroatoms. The van der Waals surface area contributed by atoms with Gasteiger partial charge in [-0.25, -0.2) is 4.98 Å². The number of aryl methyl sites for hydroxylation is 1. The Morgan fingerprint density at radius 3 is 2.94 bits per heavy atom. The predicted molar refractivity (Wildman–Crippen MR) is 77.4 cm³/mol. The van der Waals surface area contributed by atoms with E-state index in [1.165, 1.54) is 0 Å². The molecule has 1 aromatic heterocycles. The first-order valence-corrected chi connectivity index (χ1v) is 7.49. The minimum absolute atomic E-state index is 0.190. The maximum atomic E-state index is 11.9. The molecule has 2 rings (SSSR count). The standard InChI is InChI=1S/C14H18N2OS/c1-3-5-14-15-11-7-6-10(8-12(11)16-14)13(17)9-18-4-2/h6-8H,3-5,9H2,1-2H3,(H,15,16). The summed E-state index contributed by atoms with van der Waals surface area (Å²) in [4.78, 5) is 19.7. The Bertz CT molecular complexity index is 548. The van der Waals surface area contributed by atoms with Crippen LogP contribution in [0.2, 0.25) is 0 Å². The van der Waals surface area contributed by atoms with Crippen LogP contribution in [-0.4, -0.2) is 27.3 Å². The molecule has 1 heterocycles. The van der Waals surface area contributed by atoms with Crippen molar-refractivity contribution in [1.29, 1.82) is 0 Å². The van der Waals surface area contributed by atoms with E-state index in [9.17, 15) is 4.79 Å². The highest BCUT2D eigenvalue weighted by Gasteiger charge is 2.08. The van der Waals surface area contributed by atoms with Gasteiger partial charge < -0.3 is 4.98 Å². The third-order valence-corrected chi connectivity index (χ3v) is 3.65. The Balaban J connectivity index is 2.23. The first-order chi connectivity index (χ1) is 8.74. The van der Waals surface area contributed by atoms with E-state index in [0.717, 1.165) is 41.0 Å². The van der Waals surface area contributed by atoms with Crippen molar-refractivity contribution in [3.63, 3.8) is 0 Å². The van der Waals surface area contributed by atoms with Gasteiger partial charge in [0, 0.05) is 12.0 Å². The normalized spacial score (nSPS) is 11.0. The lowest BCUT2D eigenvalue weighted by Gasteiger charge is -1.99. The summed E-state index contributed by atoms with van der Waals surface area (Å²) in [6.45, 7) is 4.19. The Morgan fingerprint density at radius 1 is 1.39 bits per heavy atom. The largest absolute Gasteiger partial charge is 0.342 e. The summed E-state index contributed by atoms with van der Waals surface area (Å²) in [5, 5.41) is 0. The van der Waals surface area contributed by atoms with Crippen LogP contribution in [0.25, 0.3) is 11.0 Å². The lowest BCUT2D eigenvalue weighted by Crippen LogP contribution is -2.02. The molecular weight excluding hydrogens is 244 g/mol. The lowest BCUT2D eigenvalue weighted by atomic mass is 10.1. The highest BCUT2D eigenvalue weighted by molar-refractivity contribution is 7.99. The molecule has 96 valence electrons. The summed E-state index contributed by atoms with van der Waals surface area (Å²) in [5.41, 5.74) is 2.68. The van der Waals surface area contributed by atoms with Gasteiger partial charge in [-0.2, -0.15) is 11.8 Å². The van der Waals surface area contributed by atoms with Gasteiger partial charge in [0.1, 0.15) is 5.82 Å². The second-order valence-electron chi connectivity index (χ2n) is 4.23. The van der Waals surface area contributed by atoms with Crippen LogP contribution in [0.1, 0.15) is 36.5 Å². The van der Waals surface area contributed by atoms with E-state index in [1.807, 2.05) is 18.2 Å². The van der Waals surface area contributed by atoms with E-state index in [2.05, 4.69) is 23.8 Å². The topological polar surface area (TPSA) is 45.8 Å². The van der Waals surface area contributed by atoms with E-state index in [1.54, 1.807) is 11.8 Å². The van der Waals surface area contributed by atoms with Crippen molar-refractivity contribution >= 4 is 28.6 Å². The fourth-order valence-electron chi connectivity index (χ4n) is 1.87. The van der Waals surface area contributed by atoms with Gasteiger partial charge in [0.15, 0.2) is 5.78 Å². The summed E-state index contributed by atoms with van der Waals surface area (Å²) in [6, 6.07) is 5.71. The van der Waals surface area contributed by atoms with E-state index in [-0.39, 0.29) is 5.78 Å². The minimum Gasteiger partial charge on any atom is -0.342 e. The van der Waals surface area contributed by atoms with Gasteiger partial charge in [0.2, 0.25) is 0 Å². The van der Waals surface area contributed by atoms with E-state index < -0.39 is 0 Å². The third kappa shape index (κ3) is 2.93. The summed E-state index contributed by atoms with van der Waals surface area (Å²) < 4.78 is 0. The Morgan fingerprint density at radius 2 is 2.22 bits per heavy atom. The quantitative estimate of drug-likeness (QED) is 0.811. The molecule has 1 aromatic carbocycles. The first-order valence-electron chi connectivity index (χ1n) is 6.34. The van der Waals surface area contributed by atoms with Crippen LogP contribution in [0.5, 0.6) is 0 Å². The zero-order chi connectivity index (χ0) is 13.0. The number of aromatic nitrogens is 2. The van der Waals surface area contributed by atoms with Crippen molar-refractivity contribution in [1.82, 2.24) is 9.97 Å². The van der Waals surface area contributed by atoms with Crippen molar-refractivity contribution < 1.29 is 4.79 Å². The van der Waals surface area contributed by atoms with Gasteiger partial charge in [0.25, 0.3) is 0 Å². The van der Waals surface area contributed by atoms with Crippen LogP contribution in [0, 0.1) is 0 Å². The molecule has 0 aliphatic carbocycles. The van der Waals surface area contributed by atoms with Crippen LogP contribution in [0.4, 0.5) is 0 Å². The average Bonchev–Trinajstić information content (AvgIpc) is 2.77. The Kier molecular flexibility index (Phi) is 4.42. The van der Waals surface area contributed by atoms with E-state index >= 15 is 0 Å². The highest BCUT2D eigenvalue weighted by atomic mass is 32.2. The number of nitrogens with zero attached hydrogens (tertiary/aromatic N) is 1. The molecule has 2 aromatic rings. The van der Waals surface area contributed by atoms with Crippen molar-refractivity contribution in [2.24, 2.45) is 0 Å². The highest BCUT2D eigenvalue weighted by Crippen LogP contribution is 2.16. The Hall–Kier alpha value is -1.29. The minimum atomic E-state index is 0.190. The summed E-state index contributed by atoms with van der Waals surface area (Å²) in [5.74, 6) is 2.71. The zero-order valence-electron chi connectivity index (χ0n) is 10.8. The van der Waals surface area contributed by atoms with E-state index in [4.69, 9.17) is 0 Å². The zero-order valence-corrected chi connectivity index (χ0v) is 11.6. The molecule has 0 amide bonds. The van der Waals surface area contributed by atoms with Crippen molar-refractivity contribution in [2.45, 2.75) is 26.7 Å². The van der Waals surface area contributed by atoms with Crippen molar-refractivity contribution in [3.8, 4) is 0 Å². The maximum Gasteiger partial charge on any atom is 0.172 e. The van der Waals surface area contributed by atoms with Crippen molar-refractivity contribution in [2.75, 3.05) is 11.5 Å². The number of nitrogens with one attached hydrogen (secondary N) is 1. The smallest absolute Gasteiger partial charge is 0.172 e. The second kappa shape index (κ2) is 6.05. The number of imidazole rings is 1. The van der Waals surface area contributed by atoms with Crippen LogP contribution in [0.3, 0.4) is 0 Å². The molecule has 0 fully saturated rings. The molecule has 0 radical (unpaired) electrons. The predicted octanol–water partition coefficient (Wildman–Crippen LogP) is 3.45. The Labute approximate surface area is 111 Å². The van der Waals surface area contributed by atoms with Crippen LogP contribution >= 0.6 is 11.8 Å². The molecule has 0 unspecified atom stereocenters. The molecule has 0 aliphatic rings. The van der Waals surface area contributed by atoms with Crippen LogP contribution in [-0.2, 0) is 6.42 Å². The number of hydrogen-bond acceptors (Lipinski definition) is 3. The molecule has 0 spiro atoms. The van der Waals surface area contributed by atoms with Gasteiger partial charge in [-0.3, -0.25) is 4.79 Å². The summed E-state index contributed by atoms with van der Waals surface area (Å²) in [7, 11) is 0. The third-order valence-electron chi connectivity index (χ3n) is 2.78. The lowest BCUT2D eigenvalue weighted by molar-refractivity contribution is 0.102. The number of fused-ring (bicyclic) bond motifs is 1. The van der Waals surface area contributed by atoms with E-state index in [0.29, 0.717) is 5.75 Å². The van der Waals surface area contributed by atoms with Crippen molar-refractivity contribution in [3.05, 3.63) is 29.6 Å². The van der Waals surface area contributed by atoms with Gasteiger partial charge in [0.05, 0.1) is 16.8 Å². The molecule has 0 bridgehead atoms. The summed E-state index contributed by atoms with van der Waals surface area (Å²) >= 11 is 1.65. The van der Waals surface area contributed by atoms with Gasteiger partial charge >= 0.3 is 0 Å². The number of thioether (sulfide) groups is 1. The molecule has 3 nitrogen and oxygen atoms in total. The molecule has 0 saturated heterocycles. The van der Waals surface area contributed by atoms with Gasteiger partial charge in [-0.1, -0.05) is 13.8 Å².